The maximum absolute atomic E-state index is 13.3. The predicted octanol–water partition coefficient (Wildman–Crippen LogP) is 0.984. The normalized spacial score (nSPS) is 21.3. The lowest BCUT2D eigenvalue weighted by Crippen LogP contribution is -2.46. The van der Waals surface area contributed by atoms with Crippen LogP contribution in [0.5, 0.6) is 0 Å². The molecule has 3 rings (SSSR count). The van der Waals surface area contributed by atoms with Gasteiger partial charge in [0.25, 0.3) is 5.91 Å². The van der Waals surface area contributed by atoms with Gasteiger partial charge in [-0.2, -0.15) is 0 Å². The van der Waals surface area contributed by atoms with E-state index in [4.69, 9.17) is 0 Å². The predicted molar refractivity (Wildman–Crippen MR) is 67.1 cm³/mol. The third kappa shape index (κ3) is 2.51. The van der Waals surface area contributed by atoms with Gasteiger partial charge >= 0.3 is 0 Å². The molecule has 3 amide bonds. The van der Waals surface area contributed by atoms with Crippen LogP contribution in [0.1, 0.15) is 29.6 Å². The van der Waals surface area contributed by atoms with Gasteiger partial charge in [-0.05, 0) is 31.0 Å². The Morgan fingerprint density at radius 2 is 1.90 bits per heavy atom. The van der Waals surface area contributed by atoms with Crippen molar-refractivity contribution >= 4 is 17.7 Å². The van der Waals surface area contributed by atoms with Crippen molar-refractivity contribution in [2.24, 2.45) is 0 Å². The maximum atomic E-state index is 13.3. The van der Waals surface area contributed by atoms with Crippen LogP contribution in [-0.2, 0) is 9.59 Å². The van der Waals surface area contributed by atoms with Crippen molar-refractivity contribution < 1.29 is 23.2 Å². The topological polar surface area (TPSA) is 66.5 Å². The standard InChI is InChI=1S/C14H12F2N2O3/c15-9-4-1-7(5-10(9)16)14(21)18(8-2-3-8)11-6-12(19)17-13(11)20/h1,4-5,8,11H,2-3,6H2,(H,17,19,20)/t11-/m1/s1. The summed E-state index contributed by atoms with van der Waals surface area (Å²) in [5, 5.41) is 2.15. The summed E-state index contributed by atoms with van der Waals surface area (Å²) in [4.78, 5) is 36.8. The zero-order valence-electron chi connectivity index (χ0n) is 10.9. The van der Waals surface area contributed by atoms with Gasteiger partial charge in [0.15, 0.2) is 11.6 Å². The number of carbonyl (C=O) groups excluding carboxylic acids is 3. The van der Waals surface area contributed by atoms with Crippen LogP contribution in [0, 0.1) is 11.6 Å². The van der Waals surface area contributed by atoms with E-state index in [-0.39, 0.29) is 18.0 Å². The second-order valence-electron chi connectivity index (χ2n) is 5.20. The molecule has 1 aromatic rings. The highest BCUT2D eigenvalue weighted by Crippen LogP contribution is 2.32. The summed E-state index contributed by atoms with van der Waals surface area (Å²) in [5.74, 6) is -3.69. The Morgan fingerprint density at radius 3 is 2.43 bits per heavy atom. The molecule has 5 nitrogen and oxygen atoms in total. The molecule has 1 saturated carbocycles. The first-order chi connectivity index (χ1) is 9.97. The minimum Gasteiger partial charge on any atom is -0.323 e. The second kappa shape index (κ2) is 4.91. The molecule has 1 saturated heterocycles. The van der Waals surface area contributed by atoms with Gasteiger partial charge in [0, 0.05) is 11.6 Å². The molecular formula is C14H12F2N2O3. The van der Waals surface area contributed by atoms with Crippen molar-refractivity contribution in [3.05, 3.63) is 35.4 Å². The number of amides is 3. The summed E-state index contributed by atoms with van der Waals surface area (Å²) in [6.07, 6.45) is 1.37. The van der Waals surface area contributed by atoms with E-state index in [2.05, 4.69) is 5.32 Å². The van der Waals surface area contributed by atoms with Gasteiger partial charge in [0.05, 0.1) is 6.42 Å². The number of hydrogen-bond donors (Lipinski definition) is 1. The van der Waals surface area contributed by atoms with E-state index in [0.29, 0.717) is 0 Å². The van der Waals surface area contributed by atoms with E-state index in [0.717, 1.165) is 25.0 Å². The van der Waals surface area contributed by atoms with E-state index in [1.165, 1.54) is 11.0 Å². The number of hydrogen-bond acceptors (Lipinski definition) is 3. The lowest BCUT2D eigenvalue weighted by atomic mass is 10.1. The SMILES string of the molecule is O=C1C[C@@H](N(C(=O)c2ccc(F)c(F)c2)C2CC2)C(=O)N1. The molecule has 1 aliphatic carbocycles. The molecule has 0 radical (unpaired) electrons. The van der Waals surface area contributed by atoms with Crippen molar-refractivity contribution in [2.75, 3.05) is 0 Å². The van der Waals surface area contributed by atoms with Crippen molar-refractivity contribution in [3.63, 3.8) is 0 Å². The molecule has 7 heteroatoms. The highest BCUT2D eigenvalue weighted by Gasteiger charge is 2.44. The number of carbonyl (C=O) groups is 3. The van der Waals surface area contributed by atoms with Gasteiger partial charge in [-0.1, -0.05) is 0 Å². The molecule has 1 heterocycles. The molecule has 0 bridgehead atoms. The third-order valence-corrected chi connectivity index (χ3v) is 3.62. The van der Waals surface area contributed by atoms with Gasteiger partial charge in [0.2, 0.25) is 11.8 Å². The molecule has 0 unspecified atom stereocenters. The van der Waals surface area contributed by atoms with Crippen molar-refractivity contribution in [1.29, 1.82) is 0 Å². The summed E-state index contributed by atoms with van der Waals surface area (Å²) in [6.45, 7) is 0. The molecule has 110 valence electrons. The van der Waals surface area contributed by atoms with Gasteiger partial charge < -0.3 is 4.90 Å². The molecule has 2 aliphatic rings. The number of rotatable bonds is 3. The molecule has 1 aliphatic heterocycles. The molecule has 1 aromatic carbocycles. The van der Waals surface area contributed by atoms with Crippen LogP contribution in [0.2, 0.25) is 0 Å². The van der Waals surface area contributed by atoms with E-state index in [1.807, 2.05) is 0 Å². The lowest BCUT2D eigenvalue weighted by molar-refractivity contribution is -0.126. The Balaban J connectivity index is 1.90. The lowest BCUT2D eigenvalue weighted by Gasteiger charge is -2.26. The quantitative estimate of drug-likeness (QED) is 0.845. The number of imide groups is 1. The summed E-state index contributed by atoms with van der Waals surface area (Å²) in [6, 6.07) is 1.85. The average Bonchev–Trinajstić information content (AvgIpc) is 3.20. The van der Waals surface area contributed by atoms with Crippen molar-refractivity contribution in [2.45, 2.75) is 31.3 Å². The van der Waals surface area contributed by atoms with E-state index in [1.54, 1.807) is 0 Å². The fourth-order valence-corrected chi connectivity index (χ4v) is 2.46. The van der Waals surface area contributed by atoms with Gasteiger partial charge in [0.1, 0.15) is 6.04 Å². The van der Waals surface area contributed by atoms with Crippen LogP contribution >= 0.6 is 0 Å². The van der Waals surface area contributed by atoms with Crippen LogP contribution in [-0.4, -0.2) is 34.7 Å². The Hall–Kier alpha value is -2.31. The average molecular weight is 294 g/mol. The fraction of sp³-hybridized carbons (Fsp3) is 0.357. The number of nitrogens with zero attached hydrogens (tertiary/aromatic N) is 1. The maximum Gasteiger partial charge on any atom is 0.254 e. The zero-order valence-corrected chi connectivity index (χ0v) is 10.9. The van der Waals surface area contributed by atoms with Crippen LogP contribution < -0.4 is 5.32 Å². The zero-order chi connectivity index (χ0) is 15.1. The minimum atomic E-state index is -1.12. The molecule has 1 N–H and O–H groups in total. The van der Waals surface area contributed by atoms with Crippen molar-refractivity contribution in [1.82, 2.24) is 10.2 Å². The largest absolute Gasteiger partial charge is 0.323 e. The highest BCUT2D eigenvalue weighted by atomic mass is 19.2. The number of benzene rings is 1. The first-order valence-electron chi connectivity index (χ1n) is 6.59. The summed E-state index contributed by atoms with van der Waals surface area (Å²) in [7, 11) is 0. The van der Waals surface area contributed by atoms with E-state index in [9.17, 15) is 23.2 Å². The van der Waals surface area contributed by atoms with Gasteiger partial charge in [-0.25, -0.2) is 8.78 Å². The van der Waals surface area contributed by atoms with Gasteiger partial charge in [-0.15, -0.1) is 0 Å². The van der Waals surface area contributed by atoms with Crippen LogP contribution in [0.25, 0.3) is 0 Å². The molecule has 0 spiro atoms. The first-order valence-corrected chi connectivity index (χ1v) is 6.59. The summed E-state index contributed by atoms with van der Waals surface area (Å²) >= 11 is 0. The molecular weight excluding hydrogens is 282 g/mol. The van der Waals surface area contributed by atoms with Crippen LogP contribution in [0.4, 0.5) is 8.78 Å². The van der Waals surface area contributed by atoms with Crippen LogP contribution in [0.15, 0.2) is 18.2 Å². The Morgan fingerprint density at radius 1 is 1.19 bits per heavy atom. The fourth-order valence-electron chi connectivity index (χ4n) is 2.46. The van der Waals surface area contributed by atoms with Crippen molar-refractivity contribution in [3.8, 4) is 0 Å². The smallest absolute Gasteiger partial charge is 0.254 e. The molecule has 2 fully saturated rings. The Bertz CT molecular complexity index is 643. The molecule has 1 atom stereocenters. The second-order valence-corrected chi connectivity index (χ2v) is 5.20. The van der Waals surface area contributed by atoms with E-state index >= 15 is 0 Å². The molecule has 0 aromatic heterocycles. The minimum absolute atomic E-state index is 0.0343. The Labute approximate surface area is 118 Å². The number of nitrogens with one attached hydrogen (secondary N) is 1. The van der Waals surface area contributed by atoms with Gasteiger partial charge in [-0.3, -0.25) is 19.7 Å². The third-order valence-electron chi connectivity index (χ3n) is 3.62. The first kappa shape index (κ1) is 13.7. The van der Waals surface area contributed by atoms with Crippen LogP contribution in [0.3, 0.4) is 0 Å². The van der Waals surface area contributed by atoms with E-state index < -0.39 is 35.4 Å². The molecule has 21 heavy (non-hydrogen) atoms. The highest BCUT2D eigenvalue weighted by molar-refractivity contribution is 6.08. The monoisotopic (exact) mass is 294 g/mol. The summed E-state index contributed by atoms with van der Waals surface area (Å²) in [5.41, 5.74) is -0.0343. The summed E-state index contributed by atoms with van der Waals surface area (Å²) < 4.78 is 26.2. The Kier molecular flexibility index (Phi) is 3.19. The number of halogens is 2.